The summed E-state index contributed by atoms with van der Waals surface area (Å²) in [5.41, 5.74) is -1.85. The van der Waals surface area contributed by atoms with Crippen molar-refractivity contribution in [1.29, 1.82) is 0 Å². The van der Waals surface area contributed by atoms with E-state index in [0.717, 1.165) is 0 Å². The fourth-order valence-corrected chi connectivity index (χ4v) is 2.67. The van der Waals surface area contributed by atoms with Gasteiger partial charge in [-0.1, -0.05) is 18.2 Å². The zero-order valence-electron chi connectivity index (χ0n) is 12.4. The first-order valence-corrected chi connectivity index (χ1v) is 6.77. The summed E-state index contributed by atoms with van der Waals surface area (Å²) in [4.78, 5) is 0. The van der Waals surface area contributed by atoms with E-state index in [0.29, 0.717) is 0 Å². The van der Waals surface area contributed by atoms with Crippen LogP contribution >= 0.6 is 0 Å². The van der Waals surface area contributed by atoms with Crippen LogP contribution in [0, 0.1) is 13.8 Å². The highest BCUT2D eigenvalue weighted by Gasteiger charge is 2.38. The third-order valence-corrected chi connectivity index (χ3v) is 3.67. The van der Waals surface area contributed by atoms with Crippen LogP contribution in [0.5, 0.6) is 5.75 Å². The zero-order chi connectivity index (χ0) is 17.9. The smallest absolute Gasteiger partial charge is 0.451 e. The van der Waals surface area contributed by atoms with Crippen molar-refractivity contribution in [2.24, 2.45) is 0 Å². The van der Waals surface area contributed by atoms with Crippen LogP contribution in [0.2, 0.25) is 0 Å². The molecule has 24 heavy (non-hydrogen) atoms. The van der Waals surface area contributed by atoms with Crippen molar-refractivity contribution in [3.8, 4) is 5.75 Å². The number of aryl methyl sites for hydroxylation is 2. The summed E-state index contributed by atoms with van der Waals surface area (Å²) >= 11 is 0. The van der Waals surface area contributed by atoms with E-state index in [1.165, 1.54) is 38.1 Å². The van der Waals surface area contributed by atoms with Gasteiger partial charge in [-0.3, -0.25) is 0 Å². The maximum Gasteiger partial charge on any atom is 0.573 e. The van der Waals surface area contributed by atoms with Crippen LogP contribution in [0.4, 0.5) is 26.3 Å². The quantitative estimate of drug-likeness (QED) is 0.494. The topological polar surface area (TPSA) is 22.4 Å². The molecule has 3 aromatic rings. The van der Waals surface area contributed by atoms with E-state index in [9.17, 15) is 26.3 Å². The standard InChI is InChI=1S/C16H10F6O2/c1-7-3-5-9-10-6-4-8(2)12(24-16(20,21)22)14(10)23-13(9)11(7)15(17,18)19/h3-6H,1-2H3. The molecule has 0 aliphatic carbocycles. The van der Waals surface area contributed by atoms with Gasteiger partial charge in [-0.05, 0) is 31.0 Å². The first kappa shape index (κ1) is 16.5. The van der Waals surface area contributed by atoms with E-state index in [1.54, 1.807) is 0 Å². The summed E-state index contributed by atoms with van der Waals surface area (Å²) < 4.78 is 86.8. The Morgan fingerprint density at radius 3 is 1.88 bits per heavy atom. The fraction of sp³-hybridized carbons (Fsp3) is 0.250. The number of furan rings is 1. The van der Waals surface area contributed by atoms with Crippen molar-refractivity contribution in [1.82, 2.24) is 0 Å². The molecule has 0 bridgehead atoms. The van der Waals surface area contributed by atoms with Gasteiger partial charge in [-0.2, -0.15) is 13.2 Å². The molecule has 0 N–H and O–H groups in total. The van der Waals surface area contributed by atoms with Crippen LogP contribution in [0.15, 0.2) is 28.7 Å². The van der Waals surface area contributed by atoms with E-state index < -0.39 is 29.4 Å². The molecule has 0 unspecified atom stereocenters. The molecule has 8 heteroatoms. The monoisotopic (exact) mass is 348 g/mol. The van der Waals surface area contributed by atoms with Gasteiger partial charge >= 0.3 is 12.5 Å². The number of halogens is 6. The Morgan fingerprint density at radius 2 is 1.33 bits per heavy atom. The summed E-state index contributed by atoms with van der Waals surface area (Å²) in [6, 6.07) is 5.39. The predicted molar refractivity (Wildman–Crippen MR) is 74.9 cm³/mol. The van der Waals surface area contributed by atoms with Gasteiger partial charge in [0.1, 0.15) is 11.1 Å². The highest BCUT2D eigenvalue weighted by molar-refractivity contribution is 6.08. The summed E-state index contributed by atoms with van der Waals surface area (Å²) in [5, 5.41) is 0.204. The fourth-order valence-electron chi connectivity index (χ4n) is 2.67. The number of benzene rings is 2. The molecule has 0 radical (unpaired) electrons. The normalized spacial score (nSPS) is 13.0. The van der Waals surface area contributed by atoms with Crippen molar-refractivity contribution < 1.29 is 35.5 Å². The number of hydrogen-bond donors (Lipinski definition) is 0. The van der Waals surface area contributed by atoms with Gasteiger partial charge in [0.25, 0.3) is 0 Å². The first-order valence-electron chi connectivity index (χ1n) is 6.77. The number of rotatable bonds is 1. The summed E-state index contributed by atoms with van der Waals surface area (Å²) in [7, 11) is 0. The molecule has 0 saturated carbocycles. The third-order valence-electron chi connectivity index (χ3n) is 3.67. The lowest BCUT2D eigenvalue weighted by Crippen LogP contribution is -2.17. The maximum absolute atomic E-state index is 13.3. The molecule has 1 heterocycles. The number of hydrogen-bond acceptors (Lipinski definition) is 2. The second-order valence-electron chi connectivity index (χ2n) is 5.37. The van der Waals surface area contributed by atoms with Crippen LogP contribution < -0.4 is 4.74 Å². The largest absolute Gasteiger partial charge is 0.573 e. The van der Waals surface area contributed by atoms with Crippen molar-refractivity contribution in [2.45, 2.75) is 26.4 Å². The highest BCUT2D eigenvalue weighted by Crippen LogP contribution is 2.44. The van der Waals surface area contributed by atoms with E-state index >= 15 is 0 Å². The van der Waals surface area contributed by atoms with Crippen LogP contribution in [-0.2, 0) is 6.18 Å². The second-order valence-corrected chi connectivity index (χ2v) is 5.37. The molecule has 0 aliphatic rings. The van der Waals surface area contributed by atoms with Gasteiger partial charge in [0.05, 0.1) is 0 Å². The molecule has 128 valence electrons. The molecule has 0 saturated heterocycles. The Labute approximate surface area is 131 Å². The van der Waals surface area contributed by atoms with Crippen LogP contribution in [0.3, 0.4) is 0 Å². The van der Waals surface area contributed by atoms with E-state index in [1.807, 2.05) is 0 Å². The molecule has 0 fully saturated rings. The Hall–Kier alpha value is -2.38. The first-order chi connectivity index (χ1) is 11.0. The summed E-state index contributed by atoms with van der Waals surface area (Å²) in [5.74, 6) is -0.637. The second kappa shape index (κ2) is 5.06. The average Bonchev–Trinajstić information content (AvgIpc) is 2.77. The molecule has 3 rings (SSSR count). The van der Waals surface area contributed by atoms with Gasteiger partial charge < -0.3 is 9.15 Å². The molecule has 0 amide bonds. The minimum absolute atomic E-state index is 0.0787. The highest BCUT2D eigenvalue weighted by atomic mass is 19.4. The Balaban J connectivity index is 2.42. The van der Waals surface area contributed by atoms with Gasteiger partial charge in [0.2, 0.25) is 0 Å². The molecule has 2 nitrogen and oxygen atoms in total. The van der Waals surface area contributed by atoms with Gasteiger partial charge in [-0.25, -0.2) is 0 Å². The minimum atomic E-state index is -4.99. The summed E-state index contributed by atoms with van der Waals surface area (Å²) in [6.07, 6.45) is -9.68. The van der Waals surface area contributed by atoms with Gasteiger partial charge in [0.15, 0.2) is 11.3 Å². The molecule has 2 aromatic carbocycles. The van der Waals surface area contributed by atoms with Crippen LogP contribution in [-0.4, -0.2) is 6.36 Å². The Kier molecular flexibility index (Phi) is 3.47. The van der Waals surface area contributed by atoms with Gasteiger partial charge in [0, 0.05) is 10.8 Å². The lowest BCUT2D eigenvalue weighted by Gasteiger charge is -2.11. The van der Waals surface area contributed by atoms with Crippen LogP contribution in [0.1, 0.15) is 16.7 Å². The molecule has 0 atom stereocenters. The molecule has 1 aromatic heterocycles. The van der Waals surface area contributed by atoms with Gasteiger partial charge in [-0.15, -0.1) is 13.2 Å². The number of alkyl halides is 6. The summed E-state index contributed by atoms with van der Waals surface area (Å²) in [6.45, 7) is 2.61. The van der Waals surface area contributed by atoms with Crippen molar-refractivity contribution >= 4 is 21.9 Å². The maximum atomic E-state index is 13.3. The lowest BCUT2D eigenvalue weighted by molar-refractivity contribution is -0.274. The predicted octanol–water partition coefficient (Wildman–Crippen LogP) is 6.12. The van der Waals surface area contributed by atoms with E-state index in [4.69, 9.17) is 4.42 Å². The lowest BCUT2D eigenvalue weighted by atomic mass is 10.0. The SMILES string of the molecule is Cc1ccc2c(oc3c(C(F)(F)F)c(C)ccc32)c1OC(F)(F)F. The minimum Gasteiger partial charge on any atom is -0.451 e. The zero-order valence-corrected chi connectivity index (χ0v) is 12.4. The van der Waals surface area contributed by atoms with Crippen molar-refractivity contribution in [3.63, 3.8) is 0 Å². The molecular weight excluding hydrogens is 338 g/mol. The van der Waals surface area contributed by atoms with Crippen LogP contribution in [0.25, 0.3) is 21.9 Å². The molecule has 0 aliphatic heterocycles. The number of ether oxygens (including phenoxy) is 1. The average molecular weight is 348 g/mol. The Bertz CT molecular complexity index is 934. The van der Waals surface area contributed by atoms with E-state index in [-0.39, 0.29) is 27.5 Å². The van der Waals surface area contributed by atoms with E-state index in [2.05, 4.69) is 4.74 Å². The molecule has 0 spiro atoms. The Morgan fingerprint density at radius 1 is 0.792 bits per heavy atom. The molecular formula is C16H10F6O2. The van der Waals surface area contributed by atoms with Crippen molar-refractivity contribution in [3.05, 3.63) is 41.0 Å². The number of fused-ring (bicyclic) bond motifs is 3. The van der Waals surface area contributed by atoms with Crippen molar-refractivity contribution in [2.75, 3.05) is 0 Å². The third kappa shape index (κ3) is 2.65.